The summed E-state index contributed by atoms with van der Waals surface area (Å²) in [4.78, 5) is 11.6. The number of anilines is 2. The van der Waals surface area contributed by atoms with Gasteiger partial charge < -0.3 is 11.1 Å². The molecule has 0 saturated carbocycles. The highest BCUT2D eigenvalue weighted by atomic mass is 16.1. The summed E-state index contributed by atoms with van der Waals surface area (Å²) in [7, 11) is 0. The number of hydrogen-bond acceptors (Lipinski definition) is 3. The molecule has 1 radical (unpaired) electrons. The van der Waals surface area contributed by atoms with Crippen LogP contribution in [0.25, 0.3) is 0 Å². The number of benzene rings is 2. The molecule has 2 aromatic carbocycles. The van der Waals surface area contributed by atoms with Gasteiger partial charge >= 0.3 is 0 Å². The van der Waals surface area contributed by atoms with E-state index in [4.69, 9.17) is 11.1 Å². The third-order valence-corrected chi connectivity index (χ3v) is 2.38. The lowest BCUT2D eigenvalue weighted by molar-refractivity contribution is 0.0976. The molecule has 0 spiro atoms. The summed E-state index contributed by atoms with van der Waals surface area (Å²) in [5.74, 6) is -0.767. The molecule has 0 fully saturated rings. The molecule has 5 nitrogen and oxygen atoms in total. The van der Waals surface area contributed by atoms with E-state index >= 15 is 0 Å². The Balaban J connectivity index is 2.06. The van der Waals surface area contributed by atoms with Crippen molar-refractivity contribution in [2.75, 3.05) is 5.32 Å². The molecule has 95 valence electrons. The van der Waals surface area contributed by atoms with Crippen molar-refractivity contribution in [1.29, 1.82) is 5.41 Å². The smallest absolute Gasteiger partial charge is 0.257 e. The Bertz CT molecular complexity index is 578. The molecule has 0 unspecified atom stereocenters. The van der Waals surface area contributed by atoms with E-state index in [1.165, 1.54) is 0 Å². The fourth-order valence-corrected chi connectivity index (χ4v) is 1.53. The molecule has 2 aromatic rings. The second-order valence-electron chi connectivity index (χ2n) is 3.85. The van der Waals surface area contributed by atoms with Gasteiger partial charge in [-0.3, -0.25) is 15.5 Å². The third kappa shape index (κ3) is 3.57. The van der Waals surface area contributed by atoms with Crippen molar-refractivity contribution in [3.63, 3.8) is 0 Å². The van der Waals surface area contributed by atoms with E-state index in [0.717, 1.165) is 11.4 Å². The highest BCUT2D eigenvalue weighted by molar-refractivity contribution is 6.04. The number of rotatable bonds is 3. The zero-order chi connectivity index (χ0) is 13.7. The summed E-state index contributed by atoms with van der Waals surface area (Å²) in [5.41, 5.74) is 7.24. The van der Waals surface area contributed by atoms with Gasteiger partial charge in [-0.15, -0.1) is 0 Å². The van der Waals surface area contributed by atoms with Gasteiger partial charge in [0, 0.05) is 23.0 Å². The predicted octanol–water partition coefficient (Wildman–Crippen LogP) is 1.85. The average molecular weight is 253 g/mol. The number of carbonyl (C=O) groups excluding carboxylic acids is 1. The first-order valence-corrected chi connectivity index (χ1v) is 5.64. The zero-order valence-corrected chi connectivity index (χ0v) is 10.1. The van der Waals surface area contributed by atoms with E-state index in [1.54, 1.807) is 24.3 Å². The average Bonchev–Trinajstić information content (AvgIpc) is 2.40. The Labute approximate surface area is 111 Å². The van der Waals surface area contributed by atoms with Crippen molar-refractivity contribution < 1.29 is 4.79 Å². The molecule has 1 amide bonds. The summed E-state index contributed by atoms with van der Waals surface area (Å²) < 4.78 is 0. The maximum absolute atomic E-state index is 11.6. The minimum Gasteiger partial charge on any atom is -0.370 e. The van der Waals surface area contributed by atoms with E-state index in [1.807, 2.05) is 24.3 Å². The quantitative estimate of drug-likeness (QED) is 0.497. The highest BCUT2D eigenvalue weighted by Crippen LogP contribution is 2.16. The summed E-state index contributed by atoms with van der Waals surface area (Å²) in [6.07, 6.45) is 0. The Morgan fingerprint density at radius 3 is 2.47 bits per heavy atom. The molecular weight excluding hydrogens is 240 g/mol. The first kappa shape index (κ1) is 12.6. The second-order valence-corrected chi connectivity index (χ2v) is 3.85. The second kappa shape index (κ2) is 5.68. The maximum atomic E-state index is 11.6. The van der Waals surface area contributed by atoms with Gasteiger partial charge in [-0.1, -0.05) is 18.2 Å². The van der Waals surface area contributed by atoms with Crippen LogP contribution in [0.2, 0.25) is 0 Å². The van der Waals surface area contributed by atoms with Gasteiger partial charge in [0.2, 0.25) is 0 Å². The topological polar surface area (TPSA) is 91.0 Å². The van der Waals surface area contributed by atoms with E-state index in [2.05, 4.69) is 16.7 Å². The first-order chi connectivity index (χ1) is 9.15. The van der Waals surface area contributed by atoms with Crippen LogP contribution in [0, 0.1) is 11.5 Å². The van der Waals surface area contributed by atoms with Gasteiger partial charge in [0.15, 0.2) is 5.96 Å². The molecule has 5 heteroatoms. The predicted molar refractivity (Wildman–Crippen MR) is 74.4 cm³/mol. The molecule has 2 rings (SSSR count). The number of amides is 1. The summed E-state index contributed by atoms with van der Waals surface area (Å²) in [5, 5.41) is 12.4. The zero-order valence-electron chi connectivity index (χ0n) is 10.1. The molecule has 19 heavy (non-hydrogen) atoms. The lowest BCUT2D eigenvalue weighted by Gasteiger charge is -2.07. The van der Waals surface area contributed by atoms with E-state index < -0.39 is 5.91 Å². The Morgan fingerprint density at radius 2 is 1.89 bits per heavy atom. The maximum Gasteiger partial charge on any atom is 0.257 e. The van der Waals surface area contributed by atoms with E-state index in [0.29, 0.717) is 5.56 Å². The van der Waals surface area contributed by atoms with Crippen LogP contribution in [0.5, 0.6) is 0 Å². The molecule has 0 heterocycles. The molecule has 0 bridgehead atoms. The molecule has 0 aliphatic carbocycles. The van der Waals surface area contributed by atoms with Gasteiger partial charge in [0.05, 0.1) is 0 Å². The monoisotopic (exact) mass is 253 g/mol. The molecule has 0 aliphatic heterocycles. The molecule has 0 atom stereocenters. The number of carbonyl (C=O) groups is 1. The standard InChI is InChI=1S/C14H13N4O/c15-14(16)18-13(19)10-6-8-12(9-7-10)17-11-4-2-1-3-5-11/h1-4,6-9,17H,(H4,15,16,18,19). The van der Waals surface area contributed by atoms with Crippen LogP contribution in [0.1, 0.15) is 10.4 Å². The van der Waals surface area contributed by atoms with Crippen LogP contribution >= 0.6 is 0 Å². The number of nitrogens with two attached hydrogens (primary N) is 1. The third-order valence-electron chi connectivity index (χ3n) is 2.38. The van der Waals surface area contributed by atoms with Crippen molar-refractivity contribution in [2.24, 2.45) is 5.73 Å². The van der Waals surface area contributed by atoms with Crippen LogP contribution in [0.15, 0.2) is 48.5 Å². The van der Waals surface area contributed by atoms with Gasteiger partial charge in [-0.25, -0.2) is 0 Å². The molecular formula is C14H13N4O. The van der Waals surface area contributed by atoms with Gasteiger partial charge in [0.25, 0.3) is 5.91 Å². The Morgan fingerprint density at radius 1 is 1.16 bits per heavy atom. The Hall–Kier alpha value is -2.82. The lowest BCUT2D eigenvalue weighted by Crippen LogP contribution is -2.35. The fraction of sp³-hybridized carbons (Fsp3) is 0. The molecule has 0 saturated heterocycles. The SMILES string of the molecule is N=C(N)NC(=O)c1ccc(Nc2[c]cccc2)cc1. The van der Waals surface area contributed by atoms with E-state index in [9.17, 15) is 4.79 Å². The summed E-state index contributed by atoms with van der Waals surface area (Å²) in [6, 6.07) is 17.4. The first-order valence-electron chi connectivity index (χ1n) is 5.64. The van der Waals surface area contributed by atoms with E-state index in [-0.39, 0.29) is 5.96 Å². The number of guanidine groups is 1. The van der Waals surface area contributed by atoms with Crippen LogP contribution in [-0.2, 0) is 0 Å². The van der Waals surface area contributed by atoms with Crippen molar-refractivity contribution in [3.8, 4) is 0 Å². The molecule has 5 N–H and O–H groups in total. The minimum absolute atomic E-state index is 0.369. The van der Waals surface area contributed by atoms with Gasteiger partial charge in [0.1, 0.15) is 0 Å². The van der Waals surface area contributed by atoms with Gasteiger partial charge in [-0.2, -0.15) is 0 Å². The van der Waals surface area contributed by atoms with Crippen molar-refractivity contribution in [2.45, 2.75) is 0 Å². The van der Waals surface area contributed by atoms with Gasteiger partial charge in [-0.05, 0) is 30.3 Å². The van der Waals surface area contributed by atoms with Crippen LogP contribution in [0.3, 0.4) is 0 Å². The van der Waals surface area contributed by atoms with Crippen LogP contribution < -0.4 is 16.4 Å². The number of para-hydroxylation sites is 1. The summed E-state index contributed by atoms with van der Waals surface area (Å²) >= 11 is 0. The molecule has 0 aromatic heterocycles. The largest absolute Gasteiger partial charge is 0.370 e. The Kier molecular flexibility index (Phi) is 3.78. The molecule has 0 aliphatic rings. The number of hydrogen-bond donors (Lipinski definition) is 4. The fourth-order valence-electron chi connectivity index (χ4n) is 1.53. The van der Waals surface area contributed by atoms with Crippen LogP contribution in [-0.4, -0.2) is 11.9 Å². The minimum atomic E-state index is -0.398. The highest BCUT2D eigenvalue weighted by Gasteiger charge is 2.05. The number of nitrogens with one attached hydrogen (secondary N) is 3. The van der Waals surface area contributed by atoms with Crippen molar-refractivity contribution >= 4 is 23.2 Å². The van der Waals surface area contributed by atoms with Crippen molar-refractivity contribution in [3.05, 3.63) is 60.2 Å². The normalized spacial score (nSPS) is 9.68. The lowest BCUT2D eigenvalue weighted by atomic mass is 10.2. The van der Waals surface area contributed by atoms with Crippen LogP contribution in [0.4, 0.5) is 11.4 Å². The summed E-state index contributed by atoms with van der Waals surface area (Å²) in [6.45, 7) is 0. The van der Waals surface area contributed by atoms with Crippen molar-refractivity contribution in [1.82, 2.24) is 5.32 Å².